The zero-order valence-corrected chi connectivity index (χ0v) is 16.0. The van der Waals surface area contributed by atoms with Gasteiger partial charge in [-0.25, -0.2) is 9.37 Å². The molecular weight excluding hydrogens is 375 g/mol. The van der Waals surface area contributed by atoms with Crippen LogP contribution in [0, 0.1) is 5.82 Å². The van der Waals surface area contributed by atoms with Crippen LogP contribution in [0.25, 0.3) is 0 Å². The third-order valence-electron chi connectivity index (χ3n) is 4.39. The largest absolute Gasteiger partial charge is 0.347 e. The van der Waals surface area contributed by atoms with E-state index in [1.54, 1.807) is 11.4 Å². The van der Waals surface area contributed by atoms with Gasteiger partial charge in [0.15, 0.2) is 0 Å². The molecule has 1 atom stereocenters. The van der Waals surface area contributed by atoms with Crippen molar-refractivity contribution in [3.05, 3.63) is 50.7 Å². The summed E-state index contributed by atoms with van der Waals surface area (Å²) in [6, 6.07) is 4.54. The molecule has 0 radical (unpaired) electrons. The quantitative estimate of drug-likeness (QED) is 0.787. The van der Waals surface area contributed by atoms with E-state index < -0.39 is 0 Å². The highest BCUT2D eigenvalue weighted by atomic mass is 35.5. The van der Waals surface area contributed by atoms with E-state index in [1.165, 1.54) is 23.5 Å². The van der Waals surface area contributed by atoms with Gasteiger partial charge in [0.2, 0.25) is 0 Å². The second-order valence-electron chi connectivity index (χ2n) is 6.45. The highest BCUT2D eigenvalue weighted by Gasteiger charge is 2.23. The summed E-state index contributed by atoms with van der Waals surface area (Å²) in [6.45, 7) is 2.83. The van der Waals surface area contributed by atoms with Crippen LogP contribution in [-0.2, 0) is 13.0 Å². The Kier molecular flexibility index (Phi) is 6.58. The summed E-state index contributed by atoms with van der Waals surface area (Å²) in [4.78, 5) is 19.0. The molecule has 1 aromatic heterocycles. The number of hydrogen-bond donors (Lipinski definition) is 2. The summed E-state index contributed by atoms with van der Waals surface area (Å²) in [5.41, 5.74) is 6.87. The highest BCUT2D eigenvalue weighted by Crippen LogP contribution is 2.21. The Balaban J connectivity index is 1.56. The number of nitrogens with two attached hydrogens (primary N) is 1. The van der Waals surface area contributed by atoms with Crippen molar-refractivity contribution in [2.45, 2.75) is 31.8 Å². The number of hydrogen-bond acceptors (Lipinski definition) is 5. The van der Waals surface area contributed by atoms with E-state index in [-0.39, 0.29) is 17.8 Å². The molecule has 0 aliphatic carbocycles. The molecule has 0 saturated carbocycles. The van der Waals surface area contributed by atoms with E-state index in [0.29, 0.717) is 30.2 Å². The van der Waals surface area contributed by atoms with Crippen LogP contribution in [0.1, 0.15) is 33.9 Å². The third-order valence-corrected chi connectivity index (χ3v) is 5.65. The molecule has 3 N–H and O–H groups in total. The first kappa shape index (κ1) is 19.2. The fraction of sp³-hybridized carbons (Fsp3) is 0.444. The summed E-state index contributed by atoms with van der Waals surface area (Å²) >= 11 is 7.59. The molecule has 140 valence electrons. The maximum absolute atomic E-state index is 13.2. The Labute approximate surface area is 161 Å². The number of nitrogens with one attached hydrogen (secondary N) is 1. The molecule has 2 heterocycles. The molecule has 1 saturated heterocycles. The fourth-order valence-electron chi connectivity index (χ4n) is 3.12. The van der Waals surface area contributed by atoms with Crippen LogP contribution in [0.5, 0.6) is 0 Å². The first-order valence-corrected chi connectivity index (χ1v) is 9.92. The second kappa shape index (κ2) is 8.90. The van der Waals surface area contributed by atoms with Crippen LogP contribution in [0.15, 0.2) is 23.6 Å². The Morgan fingerprint density at radius 3 is 3.12 bits per heavy atom. The van der Waals surface area contributed by atoms with Crippen molar-refractivity contribution in [2.75, 3.05) is 19.6 Å². The average molecular weight is 397 g/mol. The lowest BCUT2D eigenvalue weighted by atomic mass is 10.0. The van der Waals surface area contributed by atoms with Crippen molar-refractivity contribution in [3.63, 3.8) is 0 Å². The standard InChI is InChI=1S/C18H22ClFN4OS/c19-15-8-13(20)4-3-12(15)9-24-7-1-2-14(10-24)22-18(25)16-11-26-17(23-16)5-6-21/h3-4,8,11,14H,1-2,5-7,9-10,21H2,(H,22,25). The molecule has 1 aliphatic heterocycles. The zero-order chi connectivity index (χ0) is 18.5. The summed E-state index contributed by atoms with van der Waals surface area (Å²) in [7, 11) is 0. The number of benzene rings is 1. The number of likely N-dealkylation sites (tertiary alicyclic amines) is 1. The van der Waals surface area contributed by atoms with Crippen molar-refractivity contribution in [1.82, 2.24) is 15.2 Å². The van der Waals surface area contributed by atoms with E-state index >= 15 is 0 Å². The van der Waals surface area contributed by atoms with Gasteiger partial charge in [0.25, 0.3) is 5.91 Å². The molecule has 1 amide bonds. The van der Waals surface area contributed by atoms with E-state index in [9.17, 15) is 9.18 Å². The van der Waals surface area contributed by atoms with Crippen LogP contribution >= 0.6 is 22.9 Å². The molecule has 8 heteroatoms. The van der Waals surface area contributed by atoms with Crippen LogP contribution in [0.2, 0.25) is 5.02 Å². The van der Waals surface area contributed by atoms with Gasteiger partial charge in [0.05, 0.1) is 5.01 Å². The van der Waals surface area contributed by atoms with Gasteiger partial charge in [-0.05, 0) is 43.6 Å². The number of carbonyl (C=O) groups excluding carboxylic acids is 1. The number of nitrogens with zero attached hydrogens (tertiary/aromatic N) is 2. The predicted molar refractivity (Wildman–Crippen MR) is 102 cm³/mol. The molecule has 1 unspecified atom stereocenters. The molecule has 3 rings (SSSR count). The molecular formula is C18H22ClFN4OS. The van der Waals surface area contributed by atoms with Crippen molar-refractivity contribution in [1.29, 1.82) is 0 Å². The molecule has 1 aliphatic rings. The molecule has 1 fully saturated rings. The van der Waals surface area contributed by atoms with Crippen molar-refractivity contribution < 1.29 is 9.18 Å². The first-order valence-electron chi connectivity index (χ1n) is 8.67. The summed E-state index contributed by atoms with van der Waals surface area (Å²) < 4.78 is 13.2. The van der Waals surface area contributed by atoms with E-state index in [1.807, 2.05) is 0 Å². The lowest BCUT2D eigenvalue weighted by Crippen LogP contribution is -2.47. The molecule has 26 heavy (non-hydrogen) atoms. The van der Waals surface area contributed by atoms with Gasteiger partial charge in [-0.2, -0.15) is 0 Å². The number of carbonyl (C=O) groups is 1. The smallest absolute Gasteiger partial charge is 0.271 e. The normalized spacial score (nSPS) is 18.0. The van der Waals surface area contributed by atoms with E-state index in [2.05, 4.69) is 15.2 Å². The lowest BCUT2D eigenvalue weighted by molar-refractivity contribution is 0.0896. The van der Waals surface area contributed by atoms with Crippen molar-refractivity contribution in [3.8, 4) is 0 Å². The van der Waals surface area contributed by atoms with Gasteiger partial charge >= 0.3 is 0 Å². The average Bonchev–Trinajstić information content (AvgIpc) is 3.07. The third kappa shape index (κ3) is 5.01. The van der Waals surface area contributed by atoms with Crippen LogP contribution < -0.4 is 11.1 Å². The summed E-state index contributed by atoms with van der Waals surface area (Å²) in [5, 5.41) is 6.17. The molecule has 5 nitrogen and oxygen atoms in total. The van der Waals surface area contributed by atoms with Gasteiger partial charge in [-0.15, -0.1) is 11.3 Å². The molecule has 2 aromatic rings. The zero-order valence-electron chi connectivity index (χ0n) is 14.4. The highest BCUT2D eigenvalue weighted by molar-refractivity contribution is 7.09. The molecule has 0 spiro atoms. The summed E-state index contributed by atoms with van der Waals surface area (Å²) in [6.07, 6.45) is 2.60. The Morgan fingerprint density at radius 2 is 2.35 bits per heavy atom. The lowest BCUT2D eigenvalue weighted by Gasteiger charge is -2.33. The number of rotatable bonds is 6. The fourth-order valence-corrected chi connectivity index (χ4v) is 4.14. The van der Waals surface area contributed by atoms with Crippen LogP contribution in [0.3, 0.4) is 0 Å². The Morgan fingerprint density at radius 1 is 1.50 bits per heavy atom. The number of aromatic nitrogens is 1. The SMILES string of the molecule is NCCc1nc(C(=O)NC2CCCN(Cc3ccc(F)cc3Cl)C2)cs1. The van der Waals surface area contributed by atoms with Gasteiger partial charge in [-0.1, -0.05) is 17.7 Å². The minimum Gasteiger partial charge on any atom is -0.347 e. The van der Waals surface area contributed by atoms with E-state index in [0.717, 1.165) is 36.5 Å². The Bertz CT molecular complexity index is 769. The van der Waals surface area contributed by atoms with Crippen LogP contribution in [0.4, 0.5) is 4.39 Å². The topological polar surface area (TPSA) is 71.2 Å². The van der Waals surface area contributed by atoms with Gasteiger partial charge in [-0.3, -0.25) is 9.69 Å². The number of halogens is 2. The van der Waals surface area contributed by atoms with Gasteiger partial charge in [0.1, 0.15) is 11.5 Å². The monoisotopic (exact) mass is 396 g/mol. The molecule has 0 bridgehead atoms. The maximum Gasteiger partial charge on any atom is 0.271 e. The summed E-state index contributed by atoms with van der Waals surface area (Å²) in [5.74, 6) is -0.476. The second-order valence-corrected chi connectivity index (χ2v) is 7.80. The first-order chi connectivity index (χ1) is 12.5. The predicted octanol–water partition coefficient (Wildman–Crippen LogP) is 2.83. The maximum atomic E-state index is 13.2. The Hall–Kier alpha value is -1.54. The van der Waals surface area contributed by atoms with Crippen LogP contribution in [-0.4, -0.2) is 41.5 Å². The van der Waals surface area contributed by atoms with Crippen molar-refractivity contribution >= 4 is 28.8 Å². The minimum atomic E-state index is -0.334. The van der Waals surface area contributed by atoms with Crippen molar-refractivity contribution in [2.24, 2.45) is 5.73 Å². The van der Waals surface area contributed by atoms with Gasteiger partial charge < -0.3 is 11.1 Å². The molecule has 1 aromatic carbocycles. The number of thiazole rings is 1. The minimum absolute atomic E-state index is 0.0649. The van der Waals surface area contributed by atoms with Gasteiger partial charge in [0, 0.05) is 36.0 Å². The number of amides is 1. The number of piperidine rings is 1. The van der Waals surface area contributed by atoms with E-state index in [4.69, 9.17) is 17.3 Å².